The lowest BCUT2D eigenvalue weighted by atomic mass is 10.2. The Balaban J connectivity index is 1.76. The van der Waals surface area contributed by atoms with E-state index in [4.69, 9.17) is 16.3 Å². The molecule has 6 nitrogen and oxygen atoms in total. The molecule has 0 fully saturated rings. The first-order chi connectivity index (χ1) is 13.0. The lowest BCUT2D eigenvalue weighted by Gasteiger charge is -2.05. The molecule has 1 aromatic heterocycles. The van der Waals surface area contributed by atoms with Gasteiger partial charge in [-0.15, -0.1) is 10.2 Å². The third kappa shape index (κ3) is 4.11. The number of halogens is 1. The van der Waals surface area contributed by atoms with Crippen molar-refractivity contribution in [3.63, 3.8) is 0 Å². The average Bonchev–Trinajstić information content (AvgIpc) is 2.93. The molecule has 0 aliphatic heterocycles. The van der Waals surface area contributed by atoms with E-state index in [2.05, 4.69) is 10.2 Å². The second-order valence-electron chi connectivity index (χ2n) is 6.13. The Morgan fingerprint density at radius 2 is 2.04 bits per heavy atom. The highest BCUT2D eigenvalue weighted by molar-refractivity contribution is 6.31. The molecule has 140 valence electrons. The fourth-order valence-corrected chi connectivity index (χ4v) is 2.92. The molecule has 0 aliphatic rings. The molecule has 1 heterocycles. The summed E-state index contributed by atoms with van der Waals surface area (Å²) in [7, 11) is 0. The molecule has 1 N–H and O–H groups in total. The van der Waals surface area contributed by atoms with Crippen LogP contribution in [0.3, 0.4) is 0 Å². The number of amides is 1. The monoisotopic (exact) mass is 385 g/mol. The number of ether oxygens (including phenoxy) is 1. The summed E-state index contributed by atoms with van der Waals surface area (Å²) in [5.41, 5.74) is 2.00. The van der Waals surface area contributed by atoms with Crippen molar-refractivity contribution in [1.82, 2.24) is 4.57 Å². The first-order valence-corrected chi connectivity index (χ1v) is 9.02. The molecule has 0 aliphatic carbocycles. The Bertz CT molecular complexity index is 1010. The van der Waals surface area contributed by atoms with Crippen LogP contribution in [0.1, 0.15) is 18.9 Å². The molecule has 2 aromatic carbocycles. The Kier molecular flexibility index (Phi) is 5.76. The second-order valence-corrected chi connectivity index (χ2v) is 6.54. The third-order valence-corrected chi connectivity index (χ3v) is 4.54. The van der Waals surface area contributed by atoms with E-state index in [1.165, 1.54) is 0 Å². The number of para-hydroxylation sites is 1. The largest absolute Gasteiger partial charge is 0.493 e. The fraction of sp³-hybridized carbons (Fsp3) is 0.250. The SMILES string of the molecule is CCCn1c(O)c(N=NC(=O)COc2ccc(Cl)c(C)c2)c2ccccc21. The van der Waals surface area contributed by atoms with E-state index in [1.54, 1.807) is 22.8 Å². The summed E-state index contributed by atoms with van der Waals surface area (Å²) in [4.78, 5) is 12.0. The zero-order chi connectivity index (χ0) is 19.4. The molecule has 0 saturated heterocycles. The van der Waals surface area contributed by atoms with Gasteiger partial charge >= 0.3 is 5.91 Å². The second kappa shape index (κ2) is 8.22. The highest BCUT2D eigenvalue weighted by Gasteiger charge is 2.16. The maximum absolute atomic E-state index is 12.0. The molecule has 3 rings (SSSR count). The standard InChI is InChI=1S/C20H20ClN3O3/c1-3-10-24-17-7-5-4-6-15(17)19(20(24)26)23-22-18(25)12-27-14-8-9-16(21)13(2)11-14/h4-9,11,26H,3,10,12H2,1-2H3. The quantitative estimate of drug-likeness (QED) is 0.576. The van der Waals surface area contributed by atoms with Gasteiger partial charge in [0.05, 0.1) is 5.52 Å². The minimum atomic E-state index is -0.547. The van der Waals surface area contributed by atoms with Crippen molar-refractivity contribution in [3.05, 3.63) is 53.1 Å². The summed E-state index contributed by atoms with van der Waals surface area (Å²) < 4.78 is 7.19. The number of hydrogen-bond acceptors (Lipinski definition) is 4. The lowest BCUT2D eigenvalue weighted by molar-refractivity contribution is -0.120. The van der Waals surface area contributed by atoms with Crippen LogP contribution < -0.4 is 4.74 Å². The highest BCUT2D eigenvalue weighted by atomic mass is 35.5. The summed E-state index contributed by atoms with van der Waals surface area (Å²) in [6, 6.07) is 12.6. The lowest BCUT2D eigenvalue weighted by Crippen LogP contribution is -2.07. The number of benzene rings is 2. The third-order valence-electron chi connectivity index (χ3n) is 4.12. The van der Waals surface area contributed by atoms with Crippen molar-refractivity contribution in [1.29, 1.82) is 0 Å². The zero-order valence-electron chi connectivity index (χ0n) is 15.1. The predicted octanol–water partition coefficient (Wildman–Crippen LogP) is 5.41. The van der Waals surface area contributed by atoms with Gasteiger partial charge in [-0.3, -0.25) is 4.79 Å². The number of rotatable bonds is 6. The van der Waals surface area contributed by atoms with Crippen LogP contribution >= 0.6 is 11.6 Å². The number of aromatic hydroxyl groups is 1. The number of nitrogens with zero attached hydrogens (tertiary/aromatic N) is 3. The van der Waals surface area contributed by atoms with E-state index < -0.39 is 5.91 Å². The minimum absolute atomic E-state index is 0.00356. The van der Waals surface area contributed by atoms with Crippen molar-refractivity contribution < 1.29 is 14.6 Å². The van der Waals surface area contributed by atoms with Gasteiger partial charge in [-0.1, -0.05) is 36.7 Å². The summed E-state index contributed by atoms with van der Waals surface area (Å²) in [6.45, 7) is 4.27. The molecule has 0 radical (unpaired) electrons. The Morgan fingerprint density at radius 3 is 2.78 bits per heavy atom. The molecular weight excluding hydrogens is 366 g/mol. The van der Waals surface area contributed by atoms with Crippen LogP contribution in [0.25, 0.3) is 10.9 Å². The Morgan fingerprint density at radius 1 is 1.26 bits per heavy atom. The van der Waals surface area contributed by atoms with Crippen LogP contribution in [0.4, 0.5) is 5.69 Å². The number of azo groups is 1. The van der Waals surface area contributed by atoms with Gasteiger partial charge < -0.3 is 14.4 Å². The highest BCUT2D eigenvalue weighted by Crippen LogP contribution is 2.38. The minimum Gasteiger partial charge on any atom is -0.493 e. The molecule has 27 heavy (non-hydrogen) atoms. The number of aromatic nitrogens is 1. The molecular formula is C20H20ClN3O3. The number of hydrogen-bond donors (Lipinski definition) is 1. The molecule has 0 spiro atoms. The van der Waals surface area contributed by atoms with Crippen LogP contribution in [-0.4, -0.2) is 22.2 Å². The van der Waals surface area contributed by atoms with E-state index in [-0.39, 0.29) is 18.2 Å². The number of aryl methyl sites for hydroxylation is 2. The van der Waals surface area contributed by atoms with Gasteiger partial charge in [0.15, 0.2) is 12.3 Å². The Labute approximate surface area is 162 Å². The molecule has 0 unspecified atom stereocenters. The van der Waals surface area contributed by atoms with Crippen LogP contribution in [0.2, 0.25) is 5.02 Å². The molecule has 7 heteroatoms. The maximum atomic E-state index is 12.0. The van der Waals surface area contributed by atoms with Gasteiger partial charge in [0.25, 0.3) is 0 Å². The van der Waals surface area contributed by atoms with Crippen molar-refractivity contribution in [2.45, 2.75) is 26.8 Å². The summed E-state index contributed by atoms with van der Waals surface area (Å²) in [6.07, 6.45) is 0.857. The van der Waals surface area contributed by atoms with Gasteiger partial charge in [0.1, 0.15) is 5.75 Å². The fourth-order valence-electron chi connectivity index (χ4n) is 2.81. The molecule has 1 amide bonds. The van der Waals surface area contributed by atoms with Crippen LogP contribution in [0.15, 0.2) is 52.7 Å². The van der Waals surface area contributed by atoms with Gasteiger partial charge in [-0.2, -0.15) is 0 Å². The van der Waals surface area contributed by atoms with Crippen molar-refractivity contribution in [3.8, 4) is 11.6 Å². The van der Waals surface area contributed by atoms with Gasteiger partial charge in [-0.05, 0) is 43.2 Å². The summed E-state index contributed by atoms with van der Waals surface area (Å²) >= 11 is 5.97. The van der Waals surface area contributed by atoms with E-state index in [0.29, 0.717) is 17.3 Å². The number of carbonyl (C=O) groups excluding carboxylic acids is 1. The van der Waals surface area contributed by atoms with Crippen molar-refractivity contribution in [2.24, 2.45) is 10.2 Å². The Hall–Kier alpha value is -2.86. The first-order valence-electron chi connectivity index (χ1n) is 8.65. The van der Waals surface area contributed by atoms with Crippen LogP contribution in [0.5, 0.6) is 11.6 Å². The smallest absolute Gasteiger partial charge is 0.302 e. The van der Waals surface area contributed by atoms with Gasteiger partial charge in [-0.25, -0.2) is 0 Å². The summed E-state index contributed by atoms with van der Waals surface area (Å²) in [5, 5.41) is 19.5. The van der Waals surface area contributed by atoms with E-state index in [1.807, 2.05) is 38.1 Å². The normalized spacial score (nSPS) is 11.4. The van der Waals surface area contributed by atoms with Gasteiger partial charge in [0, 0.05) is 17.0 Å². The number of carbonyl (C=O) groups is 1. The van der Waals surface area contributed by atoms with Crippen molar-refractivity contribution in [2.75, 3.05) is 6.61 Å². The summed E-state index contributed by atoms with van der Waals surface area (Å²) in [5.74, 6) is -0.0129. The average molecular weight is 386 g/mol. The molecule has 3 aromatic rings. The number of fused-ring (bicyclic) bond motifs is 1. The van der Waals surface area contributed by atoms with E-state index in [9.17, 15) is 9.90 Å². The van der Waals surface area contributed by atoms with Gasteiger partial charge in [0.2, 0.25) is 5.88 Å². The van der Waals surface area contributed by atoms with E-state index >= 15 is 0 Å². The predicted molar refractivity (Wildman–Crippen MR) is 105 cm³/mol. The zero-order valence-corrected chi connectivity index (χ0v) is 15.9. The molecule has 0 bridgehead atoms. The maximum Gasteiger partial charge on any atom is 0.302 e. The molecule has 0 atom stereocenters. The van der Waals surface area contributed by atoms with E-state index in [0.717, 1.165) is 22.9 Å². The first kappa shape index (κ1) is 18.9. The van der Waals surface area contributed by atoms with Crippen LogP contribution in [-0.2, 0) is 11.3 Å². The molecule has 0 saturated carbocycles. The van der Waals surface area contributed by atoms with Crippen molar-refractivity contribution >= 4 is 34.1 Å². The van der Waals surface area contributed by atoms with Crippen LogP contribution in [0, 0.1) is 6.92 Å². The topological polar surface area (TPSA) is 76.2 Å².